The van der Waals surface area contributed by atoms with Crippen LogP contribution in [0.25, 0.3) is 0 Å². The summed E-state index contributed by atoms with van der Waals surface area (Å²) in [5, 5.41) is 9.93. The van der Waals surface area contributed by atoms with Gasteiger partial charge in [0.25, 0.3) is 0 Å². The van der Waals surface area contributed by atoms with Crippen molar-refractivity contribution in [2.75, 3.05) is 0 Å². The molecule has 0 aliphatic carbocycles. The predicted octanol–water partition coefficient (Wildman–Crippen LogP) is 1.71. The average molecular weight is 223 g/mol. The van der Waals surface area contributed by atoms with Crippen molar-refractivity contribution < 1.29 is 14.2 Å². The van der Waals surface area contributed by atoms with Gasteiger partial charge in [-0.1, -0.05) is 0 Å². The first-order chi connectivity index (χ1) is 7.13. The molecular weight excluding hydrogens is 203 g/mol. The summed E-state index contributed by atoms with van der Waals surface area (Å²) >= 11 is 0. The molecule has 89 valence electrons. The monoisotopic (exact) mass is 223 g/mol. The molecule has 1 radical (unpaired) electrons. The first kappa shape index (κ1) is 13.3. The normalized spacial score (nSPS) is 12.9. The Kier molecular flexibility index (Phi) is 3.55. The van der Waals surface area contributed by atoms with Crippen LogP contribution in [0.1, 0.15) is 39.2 Å². The van der Waals surface area contributed by atoms with Gasteiger partial charge in [0.15, 0.2) is 0 Å². The van der Waals surface area contributed by atoms with Gasteiger partial charge in [0.05, 0.1) is 17.0 Å². The molecular formula is C12H20BO3. The lowest BCUT2D eigenvalue weighted by atomic mass is 9.82. The lowest BCUT2D eigenvalue weighted by Gasteiger charge is -2.37. The van der Waals surface area contributed by atoms with Crippen LogP contribution in [0.15, 0.2) is 10.5 Å². The molecule has 1 aromatic rings. The van der Waals surface area contributed by atoms with E-state index in [2.05, 4.69) is 0 Å². The predicted molar refractivity (Wildman–Crippen MR) is 65.0 cm³/mol. The van der Waals surface area contributed by atoms with Gasteiger partial charge >= 0.3 is 7.48 Å². The third kappa shape index (κ3) is 2.89. The van der Waals surface area contributed by atoms with Crippen molar-refractivity contribution in [1.82, 2.24) is 0 Å². The molecule has 0 unspecified atom stereocenters. The second kappa shape index (κ2) is 4.26. The minimum absolute atomic E-state index is 0.648. The van der Waals surface area contributed by atoms with Gasteiger partial charge in [0.2, 0.25) is 0 Å². The van der Waals surface area contributed by atoms with E-state index < -0.39 is 11.2 Å². The zero-order valence-electron chi connectivity index (χ0n) is 10.9. The second-order valence-corrected chi connectivity index (χ2v) is 5.17. The summed E-state index contributed by atoms with van der Waals surface area (Å²) in [7, 11) is 1.64. The zero-order valence-corrected chi connectivity index (χ0v) is 10.9. The van der Waals surface area contributed by atoms with Crippen molar-refractivity contribution in [3.8, 4) is 0 Å². The molecule has 1 aromatic heterocycles. The molecule has 3 nitrogen and oxygen atoms in total. The molecule has 0 spiro atoms. The van der Waals surface area contributed by atoms with Crippen LogP contribution in [0, 0.1) is 13.8 Å². The molecule has 1 N–H and O–H groups in total. The van der Waals surface area contributed by atoms with Gasteiger partial charge in [-0.3, -0.25) is 0 Å². The molecule has 0 aliphatic heterocycles. The van der Waals surface area contributed by atoms with Crippen LogP contribution in [0.5, 0.6) is 0 Å². The van der Waals surface area contributed by atoms with Crippen LogP contribution < -0.4 is 5.46 Å². The van der Waals surface area contributed by atoms with Crippen molar-refractivity contribution >= 4 is 12.9 Å². The lowest BCUT2D eigenvalue weighted by molar-refractivity contribution is -0.0893. The van der Waals surface area contributed by atoms with Crippen LogP contribution in [-0.4, -0.2) is 23.8 Å². The number of rotatable bonds is 4. The van der Waals surface area contributed by atoms with Crippen molar-refractivity contribution in [2.24, 2.45) is 0 Å². The van der Waals surface area contributed by atoms with Crippen LogP contribution in [0.2, 0.25) is 0 Å². The van der Waals surface area contributed by atoms with Crippen LogP contribution in [-0.2, 0) is 4.65 Å². The molecule has 16 heavy (non-hydrogen) atoms. The van der Waals surface area contributed by atoms with Gasteiger partial charge in [0, 0.05) is 0 Å². The van der Waals surface area contributed by atoms with E-state index >= 15 is 0 Å². The first-order valence-electron chi connectivity index (χ1n) is 5.44. The SMILES string of the molecule is Cc1cc([B]OC(C)(C)C(C)(C)O)c(C)o1. The highest BCUT2D eigenvalue weighted by molar-refractivity contribution is 6.47. The molecule has 1 heterocycles. The molecule has 0 atom stereocenters. The van der Waals surface area contributed by atoms with Crippen molar-refractivity contribution in [3.63, 3.8) is 0 Å². The maximum Gasteiger partial charge on any atom is 0.334 e. The number of hydrogen-bond donors (Lipinski definition) is 1. The Balaban J connectivity index is 2.68. The van der Waals surface area contributed by atoms with E-state index in [4.69, 9.17) is 9.07 Å². The Morgan fingerprint density at radius 1 is 1.25 bits per heavy atom. The Hall–Kier alpha value is -0.735. The number of aryl methyl sites for hydroxylation is 2. The minimum Gasteiger partial charge on any atom is -0.467 e. The van der Waals surface area contributed by atoms with E-state index in [1.54, 1.807) is 21.3 Å². The summed E-state index contributed by atoms with van der Waals surface area (Å²) in [5.74, 6) is 1.68. The van der Waals surface area contributed by atoms with Crippen molar-refractivity contribution in [2.45, 2.75) is 52.7 Å². The Labute approximate surface area is 98.1 Å². The Morgan fingerprint density at radius 2 is 1.81 bits per heavy atom. The molecule has 0 saturated heterocycles. The fourth-order valence-electron chi connectivity index (χ4n) is 1.12. The fraction of sp³-hybridized carbons (Fsp3) is 0.667. The zero-order chi connectivity index (χ0) is 12.6. The van der Waals surface area contributed by atoms with Crippen molar-refractivity contribution in [1.29, 1.82) is 0 Å². The summed E-state index contributed by atoms with van der Waals surface area (Å²) in [6.45, 7) is 10.9. The first-order valence-corrected chi connectivity index (χ1v) is 5.44. The third-order valence-corrected chi connectivity index (χ3v) is 3.03. The summed E-state index contributed by atoms with van der Waals surface area (Å²) in [6.07, 6.45) is 0. The molecule has 0 fully saturated rings. The molecule has 1 rings (SSSR count). The van der Waals surface area contributed by atoms with Crippen LogP contribution in [0.4, 0.5) is 0 Å². The molecule has 0 bridgehead atoms. The van der Waals surface area contributed by atoms with Gasteiger partial charge < -0.3 is 14.2 Å². The summed E-state index contributed by atoms with van der Waals surface area (Å²) in [5.41, 5.74) is -0.643. The van der Waals surface area contributed by atoms with Gasteiger partial charge in [-0.05, 0) is 53.1 Å². The fourth-order valence-corrected chi connectivity index (χ4v) is 1.12. The Morgan fingerprint density at radius 3 is 2.19 bits per heavy atom. The topological polar surface area (TPSA) is 42.6 Å². The molecule has 0 saturated carbocycles. The highest BCUT2D eigenvalue weighted by atomic mass is 16.5. The van der Waals surface area contributed by atoms with E-state index in [0.717, 1.165) is 17.0 Å². The lowest BCUT2D eigenvalue weighted by Crippen LogP contribution is -2.49. The highest BCUT2D eigenvalue weighted by Crippen LogP contribution is 2.24. The van der Waals surface area contributed by atoms with E-state index in [-0.39, 0.29) is 0 Å². The summed E-state index contributed by atoms with van der Waals surface area (Å²) in [6, 6.07) is 1.91. The summed E-state index contributed by atoms with van der Waals surface area (Å²) in [4.78, 5) is 0. The minimum atomic E-state index is -0.907. The maximum atomic E-state index is 9.93. The third-order valence-electron chi connectivity index (χ3n) is 3.03. The van der Waals surface area contributed by atoms with Gasteiger partial charge in [-0.15, -0.1) is 0 Å². The number of hydrogen-bond acceptors (Lipinski definition) is 3. The molecule has 4 heteroatoms. The number of furan rings is 1. The molecule has 0 aliphatic rings. The van der Waals surface area contributed by atoms with E-state index in [0.29, 0.717) is 0 Å². The van der Waals surface area contributed by atoms with Crippen molar-refractivity contribution in [3.05, 3.63) is 17.6 Å². The smallest absolute Gasteiger partial charge is 0.334 e. The largest absolute Gasteiger partial charge is 0.467 e. The highest BCUT2D eigenvalue weighted by Gasteiger charge is 2.35. The molecule has 0 aromatic carbocycles. The Bertz CT molecular complexity index is 361. The number of aliphatic hydroxyl groups is 1. The second-order valence-electron chi connectivity index (χ2n) is 5.17. The average Bonchev–Trinajstić information content (AvgIpc) is 2.39. The van der Waals surface area contributed by atoms with Crippen LogP contribution >= 0.6 is 0 Å². The molecule has 0 amide bonds. The summed E-state index contributed by atoms with van der Waals surface area (Å²) < 4.78 is 11.0. The van der Waals surface area contributed by atoms with E-state index in [1.165, 1.54) is 0 Å². The quantitative estimate of drug-likeness (QED) is 0.790. The van der Waals surface area contributed by atoms with Gasteiger partial charge in [0.1, 0.15) is 5.76 Å². The van der Waals surface area contributed by atoms with Gasteiger partial charge in [-0.25, -0.2) is 0 Å². The van der Waals surface area contributed by atoms with E-state index in [9.17, 15) is 5.11 Å². The standard InChI is InChI=1S/C12H20BO3/c1-8-7-10(9(2)15-8)13-16-12(5,6)11(3,4)14/h7,14H,1-6H3. The van der Waals surface area contributed by atoms with Gasteiger partial charge in [-0.2, -0.15) is 0 Å². The van der Waals surface area contributed by atoms with Crippen LogP contribution in [0.3, 0.4) is 0 Å². The maximum absolute atomic E-state index is 9.93. The van der Waals surface area contributed by atoms with E-state index in [1.807, 2.05) is 33.8 Å².